The summed E-state index contributed by atoms with van der Waals surface area (Å²) in [5.74, 6) is 0.879. The van der Waals surface area contributed by atoms with Crippen LogP contribution in [0.2, 0.25) is 0 Å². The Bertz CT molecular complexity index is 1130. The molecule has 5 rings (SSSR count). The van der Waals surface area contributed by atoms with E-state index in [4.69, 9.17) is 9.72 Å². The number of nitrogens with one attached hydrogen (secondary N) is 2. The van der Waals surface area contributed by atoms with E-state index < -0.39 is 5.92 Å². The lowest BCUT2D eigenvalue weighted by atomic mass is 9.76. The second kappa shape index (κ2) is 7.76. The van der Waals surface area contributed by atoms with E-state index in [1.54, 1.807) is 12.1 Å². The van der Waals surface area contributed by atoms with Gasteiger partial charge in [0.05, 0.1) is 12.7 Å². The minimum absolute atomic E-state index is 0.0112. The number of carbonyl (C=O) groups excluding carboxylic acids is 1. The predicted octanol–water partition coefficient (Wildman–Crippen LogP) is 3.04. The molecule has 2 aromatic rings. The van der Waals surface area contributed by atoms with Gasteiger partial charge in [-0.1, -0.05) is 6.07 Å². The highest BCUT2D eigenvalue weighted by Gasteiger charge is 2.38. The largest absolute Gasteiger partial charge is 0.504 e. The number of hydrogen-bond acceptors (Lipinski definition) is 7. The molecule has 1 aromatic carbocycles. The van der Waals surface area contributed by atoms with Crippen LogP contribution in [-0.2, 0) is 4.79 Å². The Hall–Kier alpha value is -3.29. The van der Waals surface area contributed by atoms with Gasteiger partial charge in [0.25, 0.3) is 5.56 Å². The van der Waals surface area contributed by atoms with Gasteiger partial charge in [-0.2, -0.15) is 4.98 Å². The van der Waals surface area contributed by atoms with Crippen LogP contribution in [0.5, 0.6) is 11.5 Å². The molecule has 0 spiro atoms. The number of phenolic OH excluding ortho intramolecular Hbond substituents is 1. The number of aromatic hydroxyl groups is 1. The molecule has 0 radical (unpaired) electrons. The van der Waals surface area contributed by atoms with Crippen molar-refractivity contribution in [3.8, 4) is 11.5 Å². The van der Waals surface area contributed by atoms with Crippen LogP contribution in [0.3, 0.4) is 0 Å². The number of fused-ring (bicyclic) bond motifs is 1. The molecule has 0 bridgehead atoms. The Balaban J connectivity index is 1.68. The number of Topliss-reactive ketones (excluding diaryl/α,β-unsaturated/α-hetero) is 1. The summed E-state index contributed by atoms with van der Waals surface area (Å²) < 4.78 is 5.28. The second-order valence-electron chi connectivity index (χ2n) is 8.36. The number of phenols is 1. The summed E-state index contributed by atoms with van der Waals surface area (Å²) in [6.45, 7) is 1.74. The van der Waals surface area contributed by atoms with Gasteiger partial charge in [-0.15, -0.1) is 0 Å². The van der Waals surface area contributed by atoms with E-state index in [1.165, 1.54) is 19.6 Å². The van der Waals surface area contributed by atoms with Crippen LogP contribution in [0.15, 0.2) is 34.3 Å². The molecule has 0 unspecified atom stereocenters. The fourth-order valence-corrected chi connectivity index (χ4v) is 4.91. The van der Waals surface area contributed by atoms with Gasteiger partial charge in [-0.25, -0.2) is 0 Å². The molecule has 162 valence electrons. The summed E-state index contributed by atoms with van der Waals surface area (Å²) in [7, 11) is 1.48. The zero-order chi connectivity index (χ0) is 21.5. The molecule has 31 heavy (non-hydrogen) atoms. The zero-order valence-electron chi connectivity index (χ0n) is 17.5. The van der Waals surface area contributed by atoms with Gasteiger partial charge in [0.2, 0.25) is 5.95 Å². The van der Waals surface area contributed by atoms with Crippen molar-refractivity contribution >= 4 is 17.5 Å². The lowest BCUT2D eigenvalue weighted by molar-refractivity contribution is -0.116. The van der Waals surface area contributed by atoms with Crippen LogP contribution in [0.1, 0.15) is 55.6 Å². The Morgan fingerprint density at radius 2 is 1.94 bits per heavy atom. The molecule has 2 aliphatic heterocycles. The summed E-state index contributed by atoms with van der Waals surface area (Å²) in [5.41, 5.74) is 2.36. The molecule has 1 aromatic heterocycles. The summed E-state index contributed by atoms with van der Waals surface area (Å²) in [5, 5.41) is 13.4. The van der Waals surface area contributed by atoms with Gasteiger partial charge >= 0.3 is 0 Å². The molecule has 3 N–H and O–H groups in total. The standard InChI is InChI=1S/C23H26N4O4/c1-31-17-12-13(8-9-15(17)28)18-19-14(6-5-7-16(19)29)24-21-20(18)22(30)26-23(25-21)27-10-3-2-4-11-27/h8-9,12,18,28H,2-7,10-11H2,1H3,(H2,24,25,26,30)/t18-/m1/s1. The van der Waals surface area contributed by atoms with Gasteiger partial charge in [-0.3, -0.25) is 14.6 Å². The van der Waals surface area contributed by atoms with E-state index in [2.05, 4.69) is 15.2 Å². The van der Waals surface area contributed by atoms with Crippen LogP contribution in [0.25, 0.3) is 0 Å². The van der Waals surface area contributed by atoms with E-state index >= 15 is 0 Å². The first-order valence-electron chi connectivity index (χ1n) is 10.9. The maximum Gasteiger partial charge on any atom is 0.258 e. The van der Waals surface area contributed by atoms with Crippen molar-refractivity contribution in [3.05, 3.63) is 50.9 Å². The molecule has 0 saturated carbocycles. The number of ether oxygens (including phenoxy) is 1. The van der Waals surface area contributed by atoms with Crippen molar-refractivity contribution in [2.24, 2.45) is 0 Å². The van der Waals surface area contributed by atoms with Crippen LogP contribution in [-0.4, -0.2) is 41.1 Å². The number of carbonyl (C=O) groups is 1. The van der Waals surface area contributed by atoms with Crippen molar-refractivity contribution in [1.82, 2.24) is 9.97 Å². The predicted molar refractivity (Wildman–Crippen MR) is 117 cm³/mol. The summed E-state index contributed by atoms with van der Waals surface area (Å²) in [6.07, 6.45) is 5.31. The number of benzene rings is 1. The average molecular weight is 422 g/mol. The third-order valence-corrected chi connectivity index (χ3v) is 6.44. The van der Waals surface area contributed by atoms with Gasteiger partial charge in [0, 0.05) is 36.7 Å². The van der Waals surface area contributed by atoms with Crippen LogP contribution < -0.4 is 20.5 Å². The number of hydrogen-bond donors (Lipinski definition) is 3. The molecule has 0 amide bonds. The summed E-state index contributed by atoms with van der Waals surface area (Å²) >= 11 is 0. The minimum atomic E-state index is -0.555. The Labute approximate surface area is 180 Å². The molecular formula is C23H26N4O4. The highest BCUT2D eigenvalue weighted by atomic mass is 16.5. The first kappa shape index (κ1) is 19.7. The van der Waals surface area contributed by atoms with E-state index in [9.17, 15) is 14.7 Å². The number of allylic oxidation sites excluding steroid dienone is 2. The third kappa shape index (κ3) is 3.36. The van der Waals surface area contributed by atoms with Gasteiger partial charge in [0.1, 0.15) is 5.82 Å². The number of ketones is 1. The molecule has 8 heteroatoms. The van der Waals surface area contributed by atoms with Crippen molar-refractivity contribution in [2.75, 3.05) is 30.4 Å². The Kier molecular flexibility index (Phi) is 4.92. The van der Waals surface area contributed by atoms with Gasteiger partial charge in [0.15, 0.2) is 17.3 Å². The van der Waals surface area contributed by atoms with E-state index in [1.807, 2.05) is 0 Å². The molecule has 1 fully saturated rings. The number of nitrogens with zero attached hydrogens (tertiary/aromatic N) is 2. The molecule has 1 aliphatic carbocycles. The van der Waals surface area contributed by atoms with Gasteiger partial charge in [-0.05, 0) is 49.8 Å². The molecule has 1 atom stereocenters. The maximum absolute atomic E-state index is 13.3. The number of aromatic amines is 1. The number of piperidine rings is 1. The van der Waals surface area contributed by atoms with E-state index in [-0.39, 0.29) is 17.1 Å². The molecule has 8 nitrogen and oxygen atoms in total. The minimum Gasteiger partial charge on any atom is -0.504 e. The normalized spacial score (nSPS) is 20.7. The monoisotopic (exact) mass is 422 g/mol. The lowest BCUT2D eigenvalue weighted by Crippen LogP contribution is -2.36. The summed E-state index contributed by atoms with van der Waals surface area (Å²) in [6, 6.07) is 4.97. The number of rotatable bonds is 3. The Morgan fingerprint density at radius 1 is 1.13 bits per heavy atom. The zero-order valence-corrected chi connectivity index (χ0v) is 17.5. The maximum atomic E-state index is 13.3. The molecule has 3 aliphatic rings. The topological polar surface area (TPSA) is 108 Å². The van der Waals surface area contributed by atoms with Crippen molar-refractivity contribution in [2.45, 2.75) is 44.4 Å². The molecular weight excluding hydrogens is 396 g/mol. The number of aromatic nitrogens is 2. The van der Waals surface area contributed by atoms with Crippen LogP contribution in [0, 0.1) is 0 Å². The van der Waals surface area contributed by atoms with Gasteiger partial charge < -0.3 is 20.1 Å². The van der Waals surface area contributed by atoms with E-state index in [0.717, 1.165) is 50.0 Å². The number of methoxy groups -OCH3 is 1. The summed E-state index contributed by atoms with van der Waals surface area (Å²) in [4.78, 5) is 36.1. The highest BCUT2D eigenvalue weighted by molar-refractivity contribution is 6.01. The van der Waals surface area contributed by atoms with Crippen LogP contribution in [0.4, 0.5) is 11.8 Å². The van der Waals surface area contributed by atoms with Crippen molar-refractivity contribution in [1.29, 1.82) is 0 Å². The third-order valence-electron chi connectivity index (χ3n) is 6.44. The fourth-order valence-electron chi connectivity index (χ4n) is 4.91. The highest BCUT2D eigenvalue weighted by Crippen LogP contribution is 2.45. The Morgan fingerprint density at radius 3 is 2.71 bits per heavy atom. The second-order valence-corrected chi connectivity index (χ2v) is 8.36. The van der Waals surface area contributed by atoms with Crippen molar-refractivity contribution in [3.63, 3.8) is 0 Å². The first-order chi connectivity index (χ1) is 15.1. The SMILES string of the molecule is COc1cc([C@@H]2C3=C(CCCC3=O)Nc3nc(N4CCCCC4)[nH]c(=O)c32)ccc1O. The molecule has 3 heterocycles. The van der Waals surface area contributed by atoms with E-state index in [0.29, 0.717) is 35.1 Å². The fraction of sp³-hybridized carbons (Fsp3) is 0.435. The number of H-pyrrole nitrogens is 1. The first-order valence-corrected chi connectivity index (χ1v) is 10.9. The lowest BCUT2D eigenvalue weighted by Gasteiger charge is -2.34. The van der Waals surface area contributed by atoms with Crippen LogP contribution >= 0.6 is 0 Å². The quantitative estimate of drug-likeness (QED) is 0.698. The number of anilines is 2. The van der Waals surface area contributed by atoms with Crippen molar-refractivity contribution < 1.29 is 14.6 Å². The smallest absolute Gasteiger partial charge is 0.258 e. The molecule has 1 saturated heterocycles. The average Bonchev–Trinajstić information content (AvgIpc) is 2.79.